The monoisotopic (exact) mass is 252 g/mol. The Labute approximate surface area is 116 Å². The molecule has 0 saturated carbocycles. The van der Waals surface area contributed by atoms with Crippen LogP contribution in [0.3, 0.4) is 0 Å². The molecule has 0 bridgehead atoms. The van der Waals surface area contributed by atoms with Crippen molar-refractivity contribution in [2.75, 3.05) is 0 Å². The molecular weight excluding hydrogens is 216 g/mol. The molecule has 108 valence electrons. The van der Waals surface area contributed by atoms with Crippen molar-refractivity contribution in [3.05, 3.63) is 12.7 Å². The average molecular weight is 252 g/mol. The van der Waals surface area contributed by atoms with Crippen LogP contribution in [0.4, 0.5) is 0 Å². The lowest BCUT2D eigenvalue weighted by atomic mass is 9.69. The lowest BCUT2D eigenvalue weighted by molar-refractivity contribution is 0.148. The standard InChI is InChI=1S/C18H36/c1-8-12-17(16(6)15(5)10-3)14-18(7,11-4)13-9-2/h8,15-17H,1,9-14H2,2-7H3. The van der Waals surface area contributed by atoms with Gasteiger partial charge in [0.1, 0.15) is 0 Å². The van der Waals surface area contributed by atoms with Gasteiger partial charge in [-0.05, 0) is 42.4 Å². The lowest BCUT2D eigenvalue weighted by Gasteiger charge is -2.36. The van der Waals surface area contributed by atoms with Gasteiger partial charge in [-0.1, -0.05) is 66.9 Å². The summed E-state index contributed by atoms with van der Waals surface area (Å²) in [6.07, 6.45) is 9.96. The molecule has 0 N–H and O–H groups in total. The molecule has 0 heteroatoms. The molecule has 0 rings (SSSR count). The van der Waals surface area contributed by atoms with Gasteiger partial charge in [0.05, 0.1) is 0 Å². The van der Waals surface area contributed by atoms with Gasteiger partial charge in [0.2, 0.25) is 0 Å². The summed E-state index contributed by atoms with van der Waals surface area (Å²) in [5.41, 5.74) is 0.532. The molecule has 0 aliphatic rings. The van der Waals surface area contributed by atoms with Crippen LogP contribution < -0.4 is 0 Å². The van der Waals surface area contributed by atoms with Gasteiger partial charge in [0.25, 0.3) is 0 Å². The summed E-state index contributed by atoms with van der Waals surface area (Å²) in [5.74, 6) is 2.46. The molecule has 0 amide bonds. The minimum Gasteiger partial charge on any atom is -0.103 e. The van der Waals surface area contributed by atoms with E-state index in [1.165, 1.54) is 38.5 Å². The molecule has 18 heavy (non-hydrogen) atoms. The molecular formula is C18H36. The van der Waals surface area contributed by atoms with E-state index in [2.05, 4.69) is 54.2 Å². The van der Waals surface area contributed by atoms with Gasteiger partial charge in [-0.3, -0.25) is 0 Å². The van der Waals surface area contributed by atoms with E-state index in [9.17, 15) is 0 Å². The van der Waals surface area contributed by atoms with Crippen molar-refractivity contribution in [1.82, 2.24) is 0 Å². The first-order chi connectivity index (χ1) is 8.44. The van der Waals surface area contributed by atoms with E-state index in [4.69, 9.17) is 0 Å². The van der Waals surface area contributed by atoms with Crippen molar-refractivity contribution < 1.29 is 0 Å². The smallest absolute Gasteiger partial charge is 0.0322 e. The topological polar surface area (TPSA) is 0 Å². The third-order valence-electron chi connectivity index (χ3n) is 5.22. The van der Waals surface area contributed by atoms with Crippen LogP contribution in [0.2, 0.25) is 0 Å². The molecule has 4 atom stereocenters. The van der Waals surface area contributed by atoms with E-state index in [1.54, 1.807) is 0 Å². The molecule has 0 heterocycles. The second-order valence-corrected chi connectivity index (χ2v) is 6.65. The fraction of sp³-hybridized carbons (Fsp3) is 0.889. The highest BCUT2D eigenvalue weighted by molar-refractivity contribution is 4.84. The first kappa shape index (κ1) is 17.7. The second-order valence-electron chi connectivity index (χ2n) is 6.65. The lowest BCUT2D eigenvalue weighted by Crippen LogP contribution is -2.26. The second kappa shape index (κ2) is 8.77. The van der Waals surface area contributed by atoms with E-state index in [1.807, 2.05) is 0 Å². The van der Waals surface area contributed by atoms with Crippen molar-refractivity contribution in [2.24, 2.45) is 23.2 Å². The minimum atomic E-state index is 0.532. The van der Waals surface area contributed by atoms with Crippen molar-refractivity contribution in [2.45, 2.75) is 80.1 Å². The zero-order valence-electron chi connectivity index (χ0n) is 13.8. The highest BCUT2D eigenvalue weighted by Crippen LogP contribution is 2.40. The third kappa shape index (κ3) is 5.59. The summed E-state index contributed by atoms with van der Waals surface area (Å²) in [7, 11) is 0. The molecule has 0 aliphatic carbocycles. The zero-order valence-corrected chi connectivity index (χ0v) is 13.8. The first-order valence-electron chi connectivity index (χ1n) is 8.04. The van der Waals surface area contributed by atoms with Crippen molar-refractivity contribution in [1.29, 1.82) is 0 Å². The van der Waals surface area contributed by atoms with Gasteiger partial charge in [-0.15, -0.1) is 6.58 Å². The predicted octanol–water partition coefficient (Wildman–Crippen LogP) is 6.47. The van der Waals surface area contributed by atoms with Crippen LogP contribution in [0.15, 0.2) is 12.7 Å². The van der Waals surface area contributed by atoms with Crippen molar-refractivity contribution in [3.63, 3.8) is 0 Å². The Morgan fingerprint density at radius 2 is 1.78 bits per heavy atom. The largest absolute Gasteiger partial charge is 0.103 e. The Morgan fingerprint density at radius 3 is 2.17 bits per heavy atom. The molecule has 0 aliphatic heterocycles. The molecule has 0 radical (unpaired) electrons. The average Bonchev–Trinajstić information content (AvgIpc) is 2.36. The Kier molecular flexibility index (Phi) is 8.65. The molecule has 0 aromatic rings. The van der Waals surface area contributed by atoms with Crippen LogP contribution in [-0.4, -0.2) is 0 Å². The summed E-state index contributed by atoms with van der Waals surface area (Å²) in [5, 5.41) is 0. The van der Waals surface area contributed by atoms with E-state index in [0.29, 0.717) is 5.41 Å². The maximum Gasteiger partial charge on any atom is -0.0322 e. The summed E-state index contributed by atoms with van der Waals surface area (Å²) < 4.78 is 0. The predicted molar refractivity (Wildman–Crippen MR) is 84.8 cm³/mol. The van der Waals surface area contributed by atoms with Gasteiger partial charge < -0.3 is 0 Å². The van der Waals surface area contributed by atoms with Crippen LogP contribution in [0.1, 0.15) is 80.1 Å². The van der Waals surface area contributed by atoms with E-state index >= 15 is 0 Å². The number of hydrogen-bond donors (Lipinski definition) is 0. The van der Waals surface area contributed by atoms with Gasteiger partial charge in [0.15, 0.2) is 0 Å². The summed E-state index contributed by atoms with van der Waals surface area (Å²) >= 11 is 0. The maximum atomic E-state index is 3.97. The van der Waals surface area contributed by atoms with E-state index < -0.39 is 0 Å². The summed E-state index contributed by atoms with van der Waals surface area (Å²) in [6, 6.07) is 0. The first-order valence-corrected chi connectivity index (χ1v) is 8.04. The molecule has 0 saturated heterocycles. The zero-order chi connectivity index (χ0) is 14.2. The highest BCUT2D eigenvalue weighted by Gasteiger charge is 2.29. The third-order valence-corrected chi connectivity index (χ3v) is 5.22. The Morgan fingerprint density at radius 1 is 1.17 bits per heavy atom. The quantitative estimate of drug-likeness (QED) is 0.391. The van der Waals surface area contributed by atoms with Gasteiger partial charge >= 0.3 is 0 Å². The van der Waals surface area contributed by atoms with Crippen LogP contribution in [0, 0.1) is 23.2 Å². The van der Waals surface area contributed by atoms with E-state index in [-0.39, 0.29) is 0 Å². The molecule has 0 aromatic heterocycles. The Balaban J connectivity index is 4.73. The Hall–Kier alpha value is -0.260. The summed E-state index contributed by atoms with van der Waals surface area (Å²) in [6.45, 7) is 18.3. The van der Waals surface area contributed by atoms with Crippen LogP contribution in [0.25, 0.3) is 0 Å². The molecule has 0 aromatic carbocycles. The number of allylic oxidation sites excluding steroid dienone is 1. The molecule has 0 spiro atoms. The SMILES string of the molecule is C=CCC(CC(C)(CC)CCC)C(C)C(C)CC. The Bertz CT molecular complexity index is 218. The van der Waals surface area contributed by atoms with Gasteiger partial charge in [-0.2, -0.15) is 0 Å². The number of rotatable bonds is 10. The molecule has 0 fully saturated rings. The fourth-order valence-corrected chi connectivity index (χ4v) is 3.19. The van der Waals surface area contributed by atoms with Crippen molar-refractivity contribution >= 4 is 0 Å². The number of hydrogen-bond acceptors (Lipinski definition) is 0. The highest BCUT2D eigenvalue weighted by atomic mass is 14.3. The summed E-state index contributed by atoms with van der Waals surface area (Å²) in [4.78, 5) is 0. The van der Waals surface area contributed by atoms with Gasteiger partial charge in [0, 0.05) is 0 Å². The van der Waals surface area contributed by atoms with Crippen molar-refractivity contribution in [3.8, 4) is 0 Å². The minimum absolute atomic E-state index is 0.532. The normalized spacial score (nSPS) is 19.9. The van der Waals surface area contributed by atoms with Crippen LogP contribution >= 0.6 is 0 Å². The molecule has 4 unspecified atom stereocenters. The van der Waals surface area contributed by atoms with Gasteiger partial charge in [-0.25, -0.2) is 0 Å². The molecule has 0 nitrogen and oxygen atoms in total. The maximum absolute atomic E-state index is 3.97. The fourth-order valence-electron chi connectivity index (χ4n) is 3.19. The van der Waals surface area contributed by atoms with E-state index in [0.717, 1.165) is 17.8 Å². The van der Waals surface area contributed by atoms with Crippen LogP contribution in [-0.2, 0) is 0 Å². The van der Waals surface area contributed by atoms with Crippen LogP contribution in [0.5, 0.6) is 0 Å².